The van der Waals surface area contributed by atoms with Crippen LogP contribution in [-0.2, 0) is 4.74 Å². The molecule has 0 bridgehead atoms. The van der Waals surface area contributed by atoms with Crippen LogP contribution in [0.5, 0.6) is 0 Å². The van der Waals surface area contributed by atoms with E-state index >= 15 is 0 Å². The predicted octanol–water partition coefficient (Wildman–Crippen LogP) is 3.07. The van der Waals surface area contributed by atoms with E-state index in [4.69, 9.17) is 4.74 Å². The number of hydrogen-bond acceptors (Lipinski definition) is 2. The first-order valence-electron chi connectivity index (χ1n) is 7.40. The first kappa shape index (κ1) is 13.4. The summed E-state index contributed by atoms with van der Waals surface area (Å²) in [6, 6.07) is 0. The number of nitrogens with one attached hydrogen (secondary N) is 1. The quantitative estimate of drug-likeness (QED) is 0.814. The smallest absolute Gasteiger partial charge is 0.0524 e. The molecule has 0 amide bonds. The van der Waals surface area contributed by atoms with Gasteiger partial charge in [0.1, 0.15) is 0 Å². The molecule has 2 aliphatic rings. The second-order valence-corrected chi connectivity index (χ2v) is 6.43. The fourth-order valence-corrected chi connectivity index (χ4v) is 4.29. The lowest BCUT2D eigenvalue weighted by Gasteiger charge is -2.49. The highest BCUT2D eigenvalue weighted by molar-refractivity contribution is 4.97. The molecule has 100 valence electrons. The third-order valence-corrected chi connectivity index (χ3v) is 5.40. The van der Waals surface area contributed by atoms with Gasteiger partial charge in [-0.2, -0.15) is 0 Å². The first-order chi connectivity index (χ1) is 8.20. The Kier molecular flexibility index (Phi) is 4.48. The van der Waals surface area contributed by atoms with Crippen LogP contribution in [0.15, 0.2) is 0 Å². The lowest BCUT2D eigenvalue weighted by molar-refractivity contribution is -0.0492. The Morgan fingerprint density at radius 1 is 1.29 bits per heavy atom. The van der Waals surface area contributed by atoms with Gasteiger partial charge in [-0.1, -0.05) is 39.5 Å². The van der Waals surface area contributed by atoms with Crippen molar-refractivity contribution in [1.29, 1.82) is 0 Å². The fourth-order valence-electron chi connectivity index (χ4n) is 4.29. The van der Waals surface area contributed by atoms with Gasteiger partial charge in [0.25, 0.3) is 0 Å². The molecule has 0 radical (unpaired) electrons. The van der Waals surface area contributed by atoms with E-state index in [0.717, 1.165) is 24.4 Å². The van der Waals surface area contributed by atoms with Gasteiger partial charge in [0.05, 0.1) is 6.61 Å². The third kappa shape index (κ3) is 2.53. The molecule has 2 fully saturated rings. The molecule has 1 saturated carbocycles. The highest BCUT2D eigenvalue weighted by atomic mass is 16.5. The largest absolute Gasteiger partial charge is 0.384 e. The Labute approximate surface area is 107 Å². The first-order valence-corrected chi connectivity index (χ1v) is 7.40. The van der Waals surface area contributed by atoms with Gasteiger partial charge in [-0.15, -0.1) is 0 Å². The molecule has 1 N–H and O–H groups in total. The summed E-state index contributed by atoms with van der Waals surface area (Å²) in [7, 11) is 1.87. The second kappa shape index (κ2) is 5.71. The van der Waals surface area contributed by atoms with Crippen LogP contribution in [0.25, 0.3) is 0 Å². The van der Waals surface area contributed by atoms with E-state index in [2.05, 4.69) is 19.2 Å². The topological polar surface area (TPSA) is 21.3 Å². The molecule has 2 nitrogen and oxygen atoms in total. The van der Waals surface area contributed by atoms with E-state index in [1.54, 1.807) is 0 Å². The standard InChI is InChI=1S/C15H29NO/c1-12(2)15(11-17-3)8-9-16-10-14(15)13-6-4-5-7-13/h12-14,16H,4-11H2,1-3H3. The van der Waals surface area contributed by atoms with Crippen molar-refractivity contribution in [3.05, 3.63) is 0 Å². The molecule has 2 rings (SSSR count). The maximum absolute atomic E-state index is 5.61. The van der Waals surface area contributed by atoms with Crippen LogP contribution in [0.1, 0.15) is 46.0 Å². The van der Waals surface area contributed by atoms with E-state index in [1.807, 2.05) is 7.11 Å². The normalized spacial score (nSPS) is 35.6. The maximum Gasteiger partial charge on any atom is 0.0524 e. The van der Waals surface area contributed by atoms with Crippen LogP contribution in [0.3, 0.4) is 0 Å². The van der Waals surface area contributed by atoms with Crippen LogP contribution < -0.4 is 5.32 Å². The average Bonchev–Trinajstić information content (AvgIpc) is 2.83. The minimum Gasteiger partial charge on any atom is -0.384 e. The molecular weight excluding hydrogens is 210 g/mol. The average molecular weight is 239 g/mol. The minimum atomic E-state index is 0.426. The number of methoxy groups -OCH3 is 1. The van der Waals surface area contributed by atoms with Crippen molar-refractivity contribution >= 4 is 0 Å². The summed E-state index contributed by atoms with van der Waals surface area (Å²) < 4.78 is 5.61. The Morgan fingerprint density at radius 3 is 2.59 bits per heavy atom. The van der Waals surface area contributed by atoms with E-state index < -0.39 is 0 Å². The zero-order valence-electron chi connectivity index (χ0n) is 11.8. The van der Waals surface area contributed by atoms with E-state index in [0.29, 0.717) is 5.41 Å². The highest BCUT2D eigenvalue weighted by Gasteiger charge is 2.46. The summed E-state index contributed by atoms with van der Waals surface area (Å²) in [5.41, 5.74) is 0.426. The molecule has 2 atom stereocenters. The highest BCUT2D eigenvalue weighted by Crippen LogP contribution is 2.48. The van der Waals surface area contributed by atoms with Gasteiger partial charge in [0.15, 0.2) is 0 Å². The Hall–Kier alpha value is -0.0800. The van der Waals surface area contributed by atoms with Crippen LogP contribution in [0, 0.1) is 23.2 Å². The lowest BCUT2D eigenvalue weighted by atomic mass is 9.60. The molecule has 1 saturated heterocycles. The van der Waals surface area contributed by atoms with Crippen molar-refractivity contribution in [2.24, 2.45) is 23.2 Å². The summed E-state index contributed by atoms with van der Waals surface area (Å²) in [4.78, 5) is 0. The van der Waals surface area contributed by atoms with Gasteiger partial charge >= 0.3 is 0 Å². The van der Waals surface area contributed by atoms with Gasteiger partial charge in [0, 0.05) is 12.5 Å². The molecule has 0 aromatic heterocycles. The molecule has 2 unspecified atom stereocenters. The Morgan fingerprint density at radius 2 is 2.00 bits per heavy atom. The number of ether oxygens (including phenoxy) is 1. The number of rotatable bonds is 4. The summed E-state index contributed by atoms with van der Waals surface area (Å²) >= 11 is 0. The molecule has 1 aliphatic carbocycles. The van der Waals surface area contributed by atoms with Crippen LogP contribution in [0.2, 0.25) is 0 Å². The molecule has 0 aromatic rings. The van der Waals surface area contributed by atoms with Crippen molar-refractivity contribution in [3.8, 4) is 0 Å². The molecule has 0 spiro atoms. The van der Waals surface area contributed by atoms with Gasteiger partial charge in [-0.25, -0.2) is 0 Å². The predicted molar refractivity (Wildman–Crippen MR) is 72.1 cm³/mol. The zero-order chi connectivity index (χ0) is 12.3. The molecule has 1 aliphatic heterocycles. The summed E-state index contributed by atoms with van der Waals surface area (Å²) in [6.45, 7) is 8.13. The van der Waals surface area contributed by atoms with Gasteiger partial charge in [0.2, 0.25) is 0 Å². The lowest BCUT2D eigenvalue weighted by Crippen LogP contribution is -2.52. The SMILES string of the molecule is COCC1(C(C)C)CCNCC1C1CCCC1. The molecule has 0 aromatic carbocycles. The second-order valence-electron chi connectivity index (χ2n) is 6.43. The van der Waals surface area contributed by atoms with Crippen molar-refractivity contribution < 1.29 is 4.74 Å². The monoisotopic (exact) mass is 239 g/mol. The van der Waals surface area contributed by atoms with Gasteiger partial charge in [-0.3, -0.25) is 0 Å². The van der Waals surface area contributed by atoms with E-state index in [-0.39, 0.29) is 0 Å². The fraction of sp³-hybridized carbons (Fsp3) is 1.00. The van der Waals surface area contributed by atoms with Crippen LogP contribution in [-0.4, -0.2) is 26.8 Å². The van der Waals surface area contributed by atoms with Crippen molar-refractivity contribution in [1.82, 2.24) is 5.32 Å². The van der Waals surface area contributed by atoms with Crippen LogP contribution >= 0.6 is 0 Å². The summed E-state index contributed by atoms with van der Waals surface area (Å²) in [5, 5.41) is 3.62. The maximum atomic E-state index is 5.61. The minimum absolute atomic E-state index is 0.426. The zero-order valence-corrected chi connectivity index (χ0v) is 11.8. The van der Waals surface area contributed by atoms with Gasteiger partial charge < -0.3 is 10.1 Å². The van der Waals surface area contributed by atoms with E-state index in [9.17, 15) is 0 Å². The van der Waals surface area contributed by atoms with Crippen molar-refractivity contribution in [3.63, 3.8) is 0 Å². The van der Waals surface area contributed by atoms with Crippen molar-refractivity contribution in [2.75, 3.05) is 26.8 Å². The molecular formula is C15H29NO. The Balaban J connectivity index is 2.17. The molecule has 1 heterocycles. The van der Waals surface area contributed by atoms with Crippen molar-refractivity contribution in [2.45, 2.75) is 46.0 Å². The molecule has 17 heavy (non-hydrogen) atoms. The number of hydrogen-bond donors (Lipinski definition) is 1. The summed E-state index contributed by atoms with van der Waals surface area (Å²) in [5.74, 6) is 2.51. The van der Waals surface area contributed by atoms with E-state index in [1.165, 1.54) is 45.2 Å². The third-order valence-electron chi connectivity index (χ3n) is 5.40. The summed E-state index contributed by atoms with van der Waals surface area (Å²) in [6.07, 6.45) is 7.08. The van der Waals surface area contributed by atoms with Gasteiger partial charge in [-0.05, 0) is 37.3 Å². The molecule has 2 heteroatoms. The van der Waals surface area contributed by atoms with Crippen LogP contribution in [0.4, 0.5) is 0 Å². The number of piperidine rings is 1. The Bertz CT molecular complexity index is 231.